The van der Waals surface area contributed by atoms with Gasteiger partial charge in [-0.2, -0.15) is 5.10 Å². The molecule has 2 heterocycles. The van der Waals surface area contributed by atoms with Crippen molar-refractivity contribution >= 4 is 5.91 Å². The summed E-state index contributed by atoms with van der Waals surface area (Å²) in [5.41, 5.74) is 1.05. The third-order valence-corrected chi connectivity index (χ3v) is 3.79. The van der Waals surface area contributed by atoms with E-state index < -0.39 is 6.10 Å². The molecular weight excluding hydrogens is 244 g/mol. The third kappa shape index (κ3) is 3.13. The fourth-order valence-corrected chi connectivity index (χ4v) is 2.52. The summed E-state index contributed by atoms with van der Waals surface area (Å²) < 4.78 is 1.79. The maximum absolute atomic E-state index is 12.1. The molecule has 0 bridgehead atoms. The number of likely N-dealkylation sites (tertiary alicyclic amines) is 1. The molecular formula is C13H22N4O2. The highest BCUT2D eigenvalue weighted by Gasteiger charge is 2.34. The van der Waals surface area contributed by atoms with Gasteiger partial charge in [-0.1, -0.05) is 0 Å². The number of carbonyl (C=O) groups excluding carboxylic acids is 1. The standard InChI is InChI=1S/C13H22N4O2/c1-15(2)11-8-17(9-12(11)18)13(19)5-4-10-6-7-14-16(10)3/h6-7,11-12,18H,4-5,8-9H2,1-3H3/t11-,12-/m1/s1. The van der Waals surface area contributed by atoms with E-state index in [1.165, 1.54) is 0 Å². The number of rotatable bonds is 4. The second kappa shape index (κ2) is 5.71. The molecule has 1 N–H and O–H groups in total. The number of amides is 1. The van der Waals surface area contributed by atoms with Gasteiger partial charge in [0.25, 0.3) is 0 Å². The van der Waals surface area contributed by atoms with Crippen molar-refractivity contribution in [3.8, 4) is 0 Å². The van der Waals surface area contributed by atoms with Crippen LogP contribution in [0.1, 0.15) is 12.1 Å². The number of hydrogen-bond acceptors (Lipinski definition) is 4. The summed E-state index contributed by atoms with van der Waals surface area (Å²) in [4.78, 5) is 15.9. The number of aromatic nitrogens is 2. The summed E-state index contributed by atoms with van der Waals surface area (Å²) in [6.45, 7) is 1.05. The van der Waals surface area contributed by atoms with Crippen molar-refractivity contribution in [1.82, 2.24) is 19.6 Å². The summed E-state index contributed by atoms with van der Waals surface area (Å²) in [7, 11) is 5.73. The predicted molar refractivity (Wildman–Crippen MR) is 71.6 cm³/mol. The number of nitrogens with zero attached hydrogens (tertiary/aromatic N) is 4. The molecule has 2 atom stereocenters. The highest BCUT2D eigenvalue weighted by atomic mass is 16.3. The maximum Gasteiger partial charge on any atom is 0.223 e. The fraction of sp³-hybridized carbons (Fsp3) is 0.692. The number of carbonyl (C=O) groups is 1. The van der Waals surface area contributed by atoms with Gasteiger partial charge in [0.05, 0.1) is 12.1 Å². The molecule has 0 aliphatic carbocycles. The second-order valence-electron chi connectivity index (χ2n) is 5.34. The van der Waals surface area contributed by atoms with E-state index in [1.54, 1.807) is 15.8 Å². The SMILES string of the molecule is CN(C)[C@@H]1CN(C(=O)CCc2ccnn2C)C[C@H]1O. The predicted octanol–water partition coefficient (Wildman–Crippen LogP) is -0.514. The summed E-state index contributed by atoms with van der Waals surface area (Å²) >= 11 is 0. The van der Waals surface area contributed by atoms with E-state index in [0.717, 1.165) is 5.69 Å². The van der Waals surface area contributed by atoms with Gasteiger partial charge in [-0.15, -0.1) is 0 Å². The molecule has 0 aromatic carbocycles. The van der Waals surface area contributed by atoms with Gasteiger partial charge < -0.3 is 14.9 Å². The lowest BCUT2D eigenvalue weighted by molar-refractivity contribution is -0.130. The smallest absolute Gasteiger partial charge is 0.223 e. The van der Waals surface area contributed by atoms with E-state index in [9.17, 15) is 9.90 Å². The first-order valence-corrected chi connectivity index (χ1v) is 6.58. The van der Waals surface area contributed by atoms with Crippen molar-refractivity contribution in [2.75, 3.05) is 27.2 Å². The van der Waals surface area contributed by atoms with Crippen LogP contribution in [0.3, 0.4) is 0 Å². The van der Waals surface area contributed by atoms with Crippen LogP contribution < -0.4 is 0 Å². The van der Waals surface area contributed by atoms with Gasteiger partial charge in [0.15, 0.2) is 0 Å². The van der Waals surface area contributed by atoms with Crippen molar-refractivity contribution in [3.63, 3.8) is 0 Å². The van der Waals surface area contributed by atoms with Crippen LogP contribution in [0.15, 0.2) is 12.3 Å². The molecule has 2 rings (SSSR count). The van der Waals surface area contributed by atoms with Gasteiger partial charge in [-0.3, -0.25) is 9.48 Å². The average Bonchev–Trinajstić information content (AvgIpc) is 2.92. The largest absolute Gasteiger partial charge is 0.390 e. The lowest BCUT2D eigenvalue weighted by Crippen LogP contribution is -2.38. The topological polar surface area (TPSA) is 61.6 Å². The zero-order valence-corrected chi connectivity index (χ0v) is 11.8. The molecule has 6 nitrogen and oxygen atoms in total. The number of hydrogen-bond donors (Lipinski definition) is 1. The Balaban J connectivity index is 1.86. The number of likely N-dealkylation sites (N-methyl/N-ethyl adjacent to an activating group) is 1. The van der Waals surface area contributed by atoms with Crippen LogP contribution in [-0.4, -0.2) is 69.9 Å². The van der Waals surface area contributed by atoms with Gasteiger partial charge in [0, 0.05) is 38.4 Å². The average molecular weight is 266 g/mol. The summed E-state index contributed by atoms with van der Waals surface area (Å²) in [6, 6.07) is 1.97. The third-order valence-electron chi connectivity index (χ3n) is 3.79. The number of aryl methyl sites for hydroxylation is 2. The van der Waals surface area contributed by atoms with E-state index in [4.69, 9.17) is 0 Å². The Morgan fingerprint density at radius 2 is 2.26 bits per heavy atom. The lowest BCUT2D eigenvalue weighted by Gasteiger charge is -2.21. The molecule has 1 amide bonds. The molecule has 0 spiro atoms. The lowest BCUT2D eigenvalue weighted by atomic mass is 10.2. The molecule has 1 saturated heterocycles. The molecule has 6 heteroatoms. The summed E-state index contributed by atoms with van der Waals surface area (Å²) in [5.74, 6) is 0.101. The minimum Gasteiger partial charge on any atom is -0.390 e. The Morgan fingerprint density at radius 1 is 1.53 bits per heavy atom. The second-order valence-corrected chi connectivity index (χ2v) is 5.34. The van der Waals surface area contributed by atoms with E-state index >= 15 is 0 Å². The van der Waals surface area contributed by atoms with Crippen LogP contribution in [0.5, 0.6) is 0 Å². The normalized spacial score (nSPS) is 23.3. The van der Waals surface area contributed by atoms with Crippen molar-refractivity contribution in [2.45, 2.75) is 25.0 Å². The van der Waals surface area contributed by atoms with Gasteiger partial charge in [-0.05, 0) is 26.6 Å². The first-order valence-electron chi connectivity index (χ1n) is 6.58. The van der Waals surface area contributed by atoms with Crippen LogP contribution in [0.25, 0.3) is 0 Å². The summed E-state index contributed by atoms with van der Waals surface area (Å²) in [6.07, 6.45) is 2.44. The molecule has 19 heavy (non-hydrogen) atoms. The van der Waals surface area contributed by atoms with Gasteiger partial charge in [0.2, 0.25) is 5.91 Å². The molecule has 0 saturated carbocycles. The van der Waals surface area contributed by atoms with E-state index in [0.29, 0.717) is 25.9 Å². The molecule has 1 aromatic heterocycles. The number of aliphatic hydroxyl groups excluding tert-OH is 1. The zero-order valence-electron chi connectivity index (χ0n) is 11.8. The summed E-state index contributed by atoms with van der Waals surface area (Å²) in [5, 5.41) is 14.0. The van der Waals surface area contributed by atoms with Crippen LogP contribution in [0.4, 0.5) is 0 Å². The Morgan fingerprint density at radius 3 is 2.79 bits per heavy atom. The molecule has 0 radical (unpaired) electrons. The molecule has 0 unspecified atom stereocenters. The molecule has 1 aromatic rings. The van der Waals surface area contributed by atoms with Gasteiger partial charge in [0.1, 0.15) is 0 Å². The van der Waals surface area contributed by atoms with Crippen LogP contribution in [-0.2, 0) is 18.3 Å². The minimum absolute atomic E-state index is 0.0423. The monoisotopic (exact) mass is 266 g/mol. The molecule has 1 aliphatic rings. The zero-order chi connectivity index (χ0) is 14.0. The highest BCUT2D eigenvalue weighted by molar-refractivity contribution is 5.76. The van der Waals surface area contributed by atoms with Gasteiger partial charge in [-0.25, -0.2) is 0 Å². The highest BCUT2D eigenvalue weighted by Crippen LogP contribution is 2.16. The molecule has 1 aliphatic heterocycles. The van der Waals surface area contributed by atoms with Crippen molar-refractivity contribution in [3.05, 3.63) is 18.0 Å². The molecule has 1 fully saturated rings. The first-order chi connectivity index (χ1) is 8.99. The Labute approximate surface area is 113 Å². The first kappa shape index (κ1) is 14.0. The van der Waals surface area contributed by atoms with Gasteiger partial charge >= 0.3 is 0 Å². The Hall–Kier alpha value is -1.40. The van der Waals surface area contributed by atoms with E-state index in [1.807, 2.05) is 32.1 Å². The Kier molecular flexibility index (Phi) is 4.21. The quantitative estimate of drug-likeness (QED) is 0.797. The van der Waals surface area contributed by atoms with E-state index in [-0.39, 0.29) is 11.9 Å². The van der Waals surface area contributed by atoms with Crippen molar-refractivity contribution < 1.29 is 9.90 Å². The van der Waals surface area contributed by atoms with E-state index in [2.05, 4.69) is 5.10 Å². The number of aliphatic hydroxyl groups is 1. The van der Waals surface area contributed by atoms with Crippen molar-refractivity contribution in [2.24, 2.45) is 7.05 Å². The number of β-amino-alcohol motifs (C(OH)–C–C–N with tert-alkyl or cyclic N) is 1. The van der Waals surface area contributed by atoms with Crippen LogP contribution >= 0.6 is 0 Å². The maximum atomic E-state index is 12.1. The fourth-order valence-electron chi connectivity index (χ4n) is 2.52. The van der Waals surface area contributed by atoms with Crippen LogP contribution in [0.2, 0.25) is 0 Å². The molecule has 106 valence electrons. The minimum atomic E-state index is -0.448. The van der Waals surface area contributed by atoms with Crippen LogP contribution in [0, 0.1) is 0 Å². The Bertz CT molecular complexity index is 444. The van der Waals surface area contributed by atoms with Crippen molar-refractivity contribution in [1.29, 1.82) is 0 Å².